The second kappa shape index (κ2) is 6.67. The summed E-state index contributed by atoms with van der Waals surface area (Å²) in [6.45, 7) is 1.64. The molecule has 0 saturated heterocycles. The second-order valence-corrected chi connectivity index (χ2v) is 4.22. The molecule has 1 heterocycles. The lowest BCUT2D eigenvalue weighted by Gasteiger charge is -2.04. The summed E-state index contributed by atoms with van der Waals surface area (Å²) in [5, 5.41) is 18.2. The monoisotopic (exact) mass is 276 g/mol. The molecule has 2 rings (SSSR count). The van der Waals surface area contributed by atoms with Gasteiger partial charge in [-0.2, -0.15) is 5.10 Å². The van der Waals surface area contributed by atoms with Gasteiger partial charge in [0.25, 0.3) is 5.69 Å². The molecule has 20 heavy (non-hydrogen) atoms. The van der Waals surface area contributed by atoms with E-state index < -0.39 is 0 Å². The maximum Gasteiger partial charge on any atom is 0.274 e. The fourth-order valence-electron chi connectivity index (χ4n) is 1.80. The van der Waals surface area contributed by atoms with Gasteiger partial charge in [0.15, 0.2) is 0 Å². The molecule has 0 fully saturated rings. The van der Waals surface area contributed by atoms with Gasteiger partial charge in [0, 0.05) is 31.5 Å². The zero-order valence-corrected chi connectivity index (χ0v) is 11.2. The van der Waals surface area contributed by atoms with Crippen molar-refractivity contribution in [1.82, 2.24) is 9.78 Å². The molecule has 0 bridgehead atoms. The fourth-order valence-corrected chi connectivity index (χ4v) is 1.80. The van der Waals surface area contributed by atoms with Crippen LogP contribution in [0.1, 0.15) is 5.56 Å². The first kappa shape index (κ1) is 14.0. The molecule has 0 spiro atoms. The number of nitro groups is 1. The minimum Gasteiger partial charge on any atom is -0.383 e. The summed E-state index contributed by atoms with van der Waals surface area (Å²) in [4.78, 5) is 10.5. The highest BCUT2D eigenvalue weighted by Crippen LogP contribution is 2.19. The molecule has 0 unspecified atom stereocenters. The number of nitrogens with one attached hydrogen (secondary N) is 1. The molecule has 1 aromatic carbocycles. The SMILES string of the molecule is COCCn1cc(NCc2ccccc2[N+](=O)[O-])cn1. The molecule has 0 saturated carbocycles. The van der Waals surface area contributed by atoms with E-state index in [4.69, 9.17) is 4.74 Å². The third-order valence-corrected chi connectivity index (χ3v) is 2.83. The van der Waals surface area contributed by atoms with Crippen LogP contribution < -0.4 is 5.32 Å². The lowest BCUT2D eigenvalue weighted by Crippen LogP contribution is -2.04. The smallest absolute Gasteiger partial charge is 0.274 e. The number of benzene rings is 1. The predicted octanol–water partition coefficient (Wildman–Crippen LogP) is 2.05. The summed E-state index contributed by atoms with van der Waals surface area (Å²) in [5.41, 5.74) is 1.58. The summed E-state index contributed by atoms with van der Waals surface area (Å²) in [7, 11) is 1.64. The first-order chi connectivity index (χ1) is 9.70. The van der Waals surface area contributed by atoms with Crippen LogP contribution in [-0.2, 0) is 17.8 Å². The molecule has 7 nitrogen and oxygen atoms in total. The molecule has 1 N–H and O–H groups in total. The fraction of sp³-hybridized carbons (Fsp3) is 0.308. The zero-order valence-electron chi connectivity index (χ0n) is 11.2. The van der Waals surface area contributed by atoms with Crippen LogP contribution in [0.25, 0.3) is 0 Å². The molecule has 0 aliphatic heterocycles. The molecule has 7 heteroatoms. The largest absolute Gasteiger partial charge is 0.383 e. The van der Waals surface area contributed by atoms with Gasteiger partial charge >= 0.3 is 0 Å². The number of methoxy groups -OCH3 is 1. The third kappa shape index (κ3) is 3.55. The molecule has 2 aromatic rings. The van der Waals surface area contributed by atoms with E-state index in [1.54, 1.807) is 36.2 Å². The van der Waals surface area contributed by atoms with E-state index in [1.165, 1.54) is 6.07 Å². The number of nitro benzene ring substituents is 1. The van der Waals surface area contributed by atoms with E-state index >= 15 is 0 Å². The topological polar surface area (TPSA) is 82.2 Å². The second-order valence-electron chi connectivity index (χ2n) is 4.22. The van der Waals surface area contributed by atoms with Crippen molar-refractivity contribution in [3.63, 3.8) is 0 Å². The van der Waals surface area contributed by atoms with Gasteiger partial charge in [-0.3, -0.25) is 14.8 Å². The van der Waals surface area contributed by atoms with E-state index in [0.717, 1.165) is 5.69 Å². The number of para-hydroxylation sites is 1. The third-order valence-electron chi connectivity index (χ3n) is 2.83. The summed E-state index contributed by atoms with van der Waals surface area (Å²) in [5.74, 6) is 0. The zero-order chi connectivity index (χ0) is 14.4. The molecule has 0 amide bonds. The summed E-state index contributed by atoms with van der Waals surface area (Å²) in [6, 6.07) is 6.68. The van der Waals surface area contributed by atoms with Crippen LogP contribution in [0.2, 0.25) is 0 Å². The maximum atomic E-state index is 10.9. The summed E-state index contributed by atoms with van der Waals surface area (Å²) in [6.07, 6.45) is 3.53. The average Bonchev–Trinajstić information content (AvgIpc) is 2.91. The molecule has 106 valence electrons. The van der Waals surface area contributed by atoms with Gasteiger partial charge in [0.05, 0.1) is 30.0 Å². The molecule has 0 aliphatic rings. The van der Waals surface area contributed by atoms with Crippen LogP contribution in [0.3, 0.4) is 0 Å². The van der Waals surface area contributed by atoms with Crippen LogP contribution in [0.5, 0.6) is 0 Å². The Labute approximate surface area is 116 Å². The van der Waals surface area contributed by atoms with Crippen LogP contribution in [0, 0.1) is 10.1 Å². The normalized spacial score (nSPS) is 10.4. The van der Waals surface area contributed by atoms with Crippen molar-refractivity contribution >= 4 is 11.4 Å². The van der Waals surface area contributed by atoms with Gasteiger partial charge in [0.1, 0.15) is 0 Å². The highest BCUT2D eigenvalue weighted by Gasteiger charge is 2.11. The van der Waals surface area contributed by atoms with E-state index in [2.05, 4.69) is 10.4 Å². The van der Waals surface area contributed by atoms with E-state index in [0.29, 0.717) is 25.3 Å². The van der Waals surface area contributed by atoms with Crippen molar-refractivity contribution in [2.24, 2.45) is 0 Å². The number of hydrogen-bond donors (Lipinski definition) is 1. The Kier molecular flexibility index (Phi) is 4.67. The quantitative estimate of drug-likeness (QED) is 0.618. The number of rotatable bonds is 7. The van der Waals surface area contributed by atoms with E-state index in [-0.39, 0.29) is 10.6 Å². The molecule has 0 radical (unpaired) electrons. The Balaban J connectivity index is 1.98. The first-order valence-corrected chi connectivity index (χ1v) is 6.18. The van der Waals surface area contributed by atoms with E-state index in [9.17, 15) is 10.1 Å². The number of anilines is 1. The first-order valence-electron chi connectivity index (χ1n) is 6.18. The van der Waals surface area contributed by atoms with E-state index in [1.807, 2.05) is 6.20 Å². The van der Waals surface area contributed by atoms with Crippen molar-refractivity contribution in [2.75, 3.05) is 19.0 Å². The minimum absolute atomic E-state index is 0.117. The van der Waals surface area contributed by atoms with Crippen LogP contribution >= 0.6 is 0 Å². The van der Waals surface area contributed by atoms with Crippen LogP contribution in [0.15, 0.2) is 36.7 Å². The van der Waals surface area contributed by atoms with Gasteiger partial charge in [-0.15, -0.1) is 0 Å². The minimum atomic E-state index is -0.376. The molecular formula is C13H16N4O3. The van der Waals surface area contributed by atoms with Crippen LogP contribution in [-0.4, -0.2) is 28.4 Å². The van der Waals surface area contributed by atoms with Gasteiger partial charge in [-0.1, -0.05) is 18.2 Å². The highest BCUT2D eigenvalue weighted by molar-refractivity contribution is 5.45. The Morgan fingerprint density at radius 2 is 2.25 bits per heavy atom. The van der Waals surface area contributed by atoms with Gasteiger partial charge in [0.2, 0.25) is 0 Å². The van der Waals surface area contributed by atoms with Crippen molar-refractivity contribution in [3.05, 3.63) is 52.3 Å². The summed E-state index contributed by atoms with van der Waals surface area (Å²) < 4.78 is 6.73. The summed E-state index contributed by atoms with van der Waals surface area (Å²) >= 11 is 0. The Bertz CT molecular complexity index is 583. The van der Waals surface area contributed by atoms with Crippen LogP contribution in [0.4, 0.5) is 11.4 Å². The standard InChI is InChI=1S/C13H16N4O3/c1-20-7-6-16-10-12(9-15-16)14-8-11-4-2-3-5-13(11)17(18)19/h2-5,9-10,14H,6-8H2,1H3. The van der Waals surface area contributed by atoms with Crippen molar-refractivity contribution in [3.8, 4) is 0 Å². The maximum absolute atomic E-state index is 10.9. The van der Waals surface area contributed by atoms with Crippen molar-refractivity contribution in [1.29, 1.82) is 0 Å². The molecule has 0 atom stereocenters. The molecule has 0 aliphatic carbocycles. The lowest BCUT2D eigenvalue weighted by atomic mass is 10.2. The average molecular weight is 276 g/mol. The highest BCUT2D eigenvalue weighted by atomic mass is 16.6. The van der Waals surface area contributed by atoms with Gasteiger partial charge < -0.3 is 10.1 Å². The number of aromatic nitrogens is 2. The molecular weight excluding hydrogens is 260 g/mol. The Hall–Kier alpha value is -2.41. The van der Waals surface area contributed by atoms with Crippen molar-refractivity contribution in [2.45, 2.75) is 13.1 Å². The number of nitrogens with zero attached hydrogens (tertiary/aromatic N) is 3. The predicted molar refractivity (Wildman–Crippen MR) is 74.5 cm³/mol. The lowest BCUT2D eigenvalue weighted by molar-refractivity contribution is -0.385. The number of ether oxygens (including phenoxy) is 1. The Morgan fingerprint density at radius 3 is 3.00 bits per heavy atom. The van der Waals surface area contributed by atoms with Gasteiger partial charge in [-0.25, -0.2) is 0 Å². The molecule has 1 aromatic heterocycles. The van der Waals surface area contributed by atoms with Crippen molar-refractivity contribution < 1.29 is 9.66 Å². The van der Waals surface area contributed by atoms with Gasteiger partial charge in [-0.05, 0) is 0 Å². The number of hydrogen-bond acceptors (Lipinski definition) is 5. The Morgan fingerprint density at radius 1 is 1.45 bits per heavy atom.